The van der Waals surface area contributed by atoms with Gasteiger partial charge in [-0.25, -0.2) is 17.9 Å². The molecule has 1 unspecified atom stereocenters. The van der Waals surface area contributed by atoms with E-state index in [1.165, 1.54) is 12.1 Å². The molecule has 0 aliphatic rings. The number of nitrogens with one attached hydrogen (secondary N) is 1. The molecule has 0 fully saturated rings. The molecule has 0 spiro atoms. The minimum absolute atomic E-state index is 0.127. The minimum Gasteiger partial charge on any atom is -0.381 e. The maximum absolute atomic E-state index is 13.4. The smallest absolute Gasteiger partial charge is 0.238 e. The predicted octanol–water partition coefficient (Wildman–Crippen LogP) is 0.232. The van der Waals surface area contributed by atoms with Gasteiger partial charge in [-0.2, -0.15) is 0 Å². The van der Waals surface area contributed by atoms with Crippen molar-refractivity contribution in [3.05, 3.63) is 24.0 Å². The van der Waals surface area contributed by atoms with E-state index in [9.17, 15) is 12.8 Å². The quantitative estimate of drug-likeness (QED) is 0.709. The van der Waals surface area contributed by atoms with Gasteiger partial charge in [0.2, 0.25) is 10.0 Å². The van der Waals surface area contributed by atoms with Crippen LogP contribution in [-0.4, -0.2) is 21.0 Å². The van der Waals surface area contributed by atoms with Gasteiger partial charge < -0.3 is 11.1 Å². The Morgan fingerprint density at radius 3 is 2.56 bits per heavy atom. The van der Waals surface area contributed by atoms with Gasteiger partial charge in [0, 0.05) is 12.6 Å². The first-order chi connectivity index (χ1) is 7.30. The van der Waals surface area contributed by atoms with E-state index in [-0.39, 0.29) is 16.6 Å². The van der Waals surface area contributed by atoms with Gasteiger partial charge in [-0.1, -0.05) is 0 Å². The molecule has 0 aromatic heterocycles. The first-order valence-electron chi connectivity index (χ1n) is 4.62. The zero-order valence-electron chi connectivity index (χ0n) is 8.77. The third kappa shape index (κ3) is 3.44. The molecule has 1 aromatic rings. The number of rotatable bonds is 4. The number of sulfonamides is 1. The Bertz CT molecular complexity index is 474. The zero-order chi connectivity index (χ0) is 12.3. The van der Waals surface area contributed by atoms with E-state index in [4.69, 9.17) is 10.9 Å². The number of anilines is 1. The van der Waals surface area contributed by atoms with E-state index in [0.717, 1.165) is 6.07 Å². The summed E-state index contributed by atoms with van der Waals surface area (Å²) in [6, 6.07) is 3.30. The molecule has 0 amide bonds. The molecule has 1 aromatic carbocycles. The second-order valence-electron chi connectivity index (χ2n) is 3.54. The first kappa shape index (κ1) is 12.9. The molecule has 1 rings (SSSR count). The summed E-state index contributed by atoms with van der Waals surface area (Å²) in [7, 11) is -3.87. The fourth-order valence-corrected chi connectivity index (χ4v) is 1.61. The van der Waals surface area contributed by atoms with Crippen molar-refractivity contribution < 1.29 is 12.8 Å². The maximum atomic E-state index is 13.4. The molecular weight excluding hydrogens is 233 g/mol. The van der Waals surface area contributed by atoms with Crippen molar-refractivity contribution in [2.75, 3.05) is 11.9 Å². The lowest BCUT2D eigenvalue weighted by Gasteiger charge is -2.10. The van der Waals surface area contributed by atoms with Crippen LogP contribution in [-0.2, 0) is 10.0 Å². The molecule has 16 heavy (non-hydrogen) atoms. The topological polar surface area (TPSA) is 98.2 Å². The summed E-state index contributed by atoms with van der Waals surface area (Å²) in [5.41, 5.74) is 5.69. The van der Waals surface area contributed by atoms with Gasteiger partial charge >= 0.3 is 0 Å². The Morgan fingerprint density at radius 2 is 2.12 bits per heavy atom. The zero-order valence-corrected chi connectivity index (χ0v) is 9.59. The number of halogens is 1. The Morgan fingerprint density at radius 1 is 1.50 bits per heavy atom. The summed E-state index contributed by atoms with van der Waals surface area (Å²) >= 11 is 0. The van der Waals surface area contributed by atoms with E-state index < -0.39 is 15.8 Å². The van der Waals surface area contributed by atoms with Crippen molar-refractivity contribution in [2.45, 2.75) is 17.9 Å². The SMILES string of the molecule is CC(N)CNc1ccc(S(N)(=O)=O)cc1F. The lowest BCUT2D eigenvalue weighted by molar-refractivity contribution is 0.592. The third-order valence-corrected chi connectivity index (χ3v) is 2.79. The summed E-state index contributed by atoms with van der Waals surface area (Å²) < 4.78 is 35.3. The molecule has 0 aliphatic heterocycles. The molecule has 0 aliphatic carbocycles. The highest BCUT2D eigenvalue weighted by atomic mass is 32.2. The van der Waals surface area contributed by atoms with Gasteiger partial charge in [0.1, 0.15) is 5.82 Å². The van der Waals surface area contributed by atoms with Gasteiger partial charge in [0.25, 0.3) is 0 Å². The number of primary sulfonamides is 1. The molecule has 0 bridgehead atoms. The molecule has 0 saturated heterocycles. The van der Waals surface area contributed by atoms with E-state index in [2.05, 4.69) is 5.32 Å². The number of nitrogens with two attached hydrogens (primary N) is 2. The van der Waals surface area contributed by atoms with Crippen LogP contribution in [0.25, 0.3) is 0 Å². The van der Waals surface area contributed by atoms with Crippen LogP contribution >= 0.6 is 0 Å². The van der Waals surface area contributed by atoms with Crippen molar-refractivity contribution in [1.82, 2.24) is 0 Å². The van der Waals surface area contributed by atoms with Crippen LogP contribution in [0.4, 0.5) is 10.1 Å². The Labute approximate surface area is 93.7 Å². The Hall–Kier alpha value is -1.18. The number of hydrogen-bond acceptors (Lipinski definition) is 4. The maximum Gasteiger partial charge on any atom is 0.238 e. The molecule has 7 heteroatoms. The molecule has 1 atom stereocenters. The minimum atomic E-state index is -3.87. The van der Waals surface area contributed by atoms with Crippen LogP contribution in [0, 0.1) is 5.82 Å². The second-order valence-corrected chi connectivity index (χ2v) is 5.11. The molecular formula is C9H14FN3O2S. The lowest BCUT2D eigenvalue weighted by Crippen LogP contribution is -2.25. The lowest BCUT2D eigenvalue weighted by atomic mass is 10.3. The summed E-state index contributed by atoms with van der Waals surface area (Å²) in [4.78, 5) is -0.253. The Balaban J connectivity index is 2.92. The standard InChI is InChI=1S/C9H14FN3O2S/c1-6(11)5-13-9-3-2-7(4-8(9)10)16(12,14)15/h2-4,6,13H,5,11H2,1H3,(H2,12,14,15). The predicted molar refractivity (Wildman–Crippen MR) is 59.9 cm³/mol. The number of hydrogen-bond donors (Lipinski definition) is 3. The van der Waals surface area contributed by atoms with Crippen LogP contribution < -0.4 is 16.2 Å². The largest absolute Gasteiger partial charge is 0.381 e. The molecule has 90 valence electrons. The monoisotopic (exact) mass is 247 g/mol. The highest BCUT2D eigenvalue weighted by Crippen LogP contribution is 2.17. The van der Waals surface area contributed by atoms with Gasteiger partial charge in [0.05, 0.1) is 10.6 Å². The van der Waals surface area contributed by atoms with Crippen molar-refractivity contribution in [3.8, 4) is 0 Å². The van der Waals surface area contributed by atoms with E-state index in [1.807, 2.05) is 0 Å². The highest BCUT2D eigenvalue weighted by Gasteiger charge is 2.11. The van der Waals surface area contributed by atoms with Crippen molar-refractivity contribution in [3.63, 3.8) is 0 Å². The number of benzene rings is 1. The van der Waals surface area contributed by atoms with Crippen LogP contribution in [0.5, 0.6) is 0 Å². The van der Waals surface area contributed by atoms with Crippen LogP contribution in [0.15, 0.2) is 23.1 Å². The summed E-state index contributed by atoms with van der Waals surface area (Å²) in [6.45, 7) is 2.16. The molecule has 0 heterocycles. The van der Waals surface area contributed by atoms with E-state index >= 15 is 0 Å². The van der Waals surface area contributed by atoms with Crippen LogP contribution in [0.3, 0.4) is 0 Å². The summed E-state index contributed by atoms with van der Waals surface area (Å²) in [5.74, 6) is -0.674. The molecule has 0 saturated carbocycles. The van der Waals surface area contributed by atoms with Crippen molar-refractivity contribution in [2.24, 2.45) is 10.9 Å². The summed E-state index contributed by atoms with van der Waals surface area (Å²) in [5, 5.41) is 7.62. The third-order valence-electron chi connectivity index (χ3n) is 1.88. The Kier molecular flexibility index (Phi) is 3.84. The van der Waals surface area contributed by atoms with E-state index in [0.29, 0.717) is 6.54 Å². The normalized spacial score (nSPS) is 13.5. The van der Waals surface area contributed by atoms with Gasteiger partial charge in [-0.3, -0.25) is 0 Å². The summed E-state index contributed by atoms with van der Waals surface area (Å²) in [6.07, 6.45) is 0. The van der Waals surface area contributed by atoms with Crippen molar-refractivity contribution >= 4 is 15.7 Å². The van der Waals surface area contributed by atoms with Gasteiger partial charge in [-0.05, 0) is 25.1 Å². The first-order valence-corrected chi connectivity index (χ1v) is 6.17. The van der Waals surface area contributed by atoms with E-state index in [1.54, 1.807) is 6.92 Å². The fraction of sp³-hybridized carbons (Fsp3) is 0.333. The fourth-order valence-electron chi connectivity index (χ4n) is 1.09. The molecule has 5 N–H and O–H groups in total. The van der Waals surface area contributed by atoms with Crippen LogP contribution in [0.1, 0.15) is 6.92 Å². The average Bonchev–Trinajstić information content (AvgIpc) is 2.14. The average molecular weight is 247 g/mol. The second kappa shape index (κ2) is 4.77. The highest BCUT2D eigenvalue weighted by molar-refractivity contribution is 7.89. The molecule has 5 nitrogen and oxygen atoms in total. The molecule has 0 radical (unpaired) electrons. The van der Waals surface area contributed by atoms with Crippen LogP contribution in [0.2, 0.25) is 0 Å². The van der Waals surface area contributed by atoms with Gasteiger partial charge in [-0.15, -0.1) is 0 Å². The van der Waals surface area contributed by atoms with Crippen molar-refractivity contribution in [1.29, 1.82) is 0 Å². The van der Waals surface area contributed by atoms with Gasteiger partial charge in [0.15, 0.2) is 0 Å².